The van der Waals surface area contributed by atoms with Gasteiger partial charge < -0.3 is 14.6 Å². The molecule has 0 saturated heterocycles. The standard InChI is InChI=1S/C28H31NO5S/c1-26-11-9-17(30)13-16(26)7-8-18-19-10-12-28(33,27(19,2)14-21(31)24(18)26)23(32)15-35-25-29-20-5-3-4-6-22(20)34-25/h3-6,9,11,13,18-19,21,24,31,33H,7-8,10,12,14-15H2,1-2H3/t18-,19-,21-,24+,26-,27-,28-/m0/s1. The van der Waals surface area contributed by atoms with Gasteiger partial charge in [0.1, 0.15) is 11.1 Å². The van der Waals surface area contributed by atoms with Crippen molar-refractivity contribution in [2.45, 2.75) is 62.9 Å². The lowest BCUT2D eigenvalue weighted by atomic mass is 9.46. The number of carbonyl (C=O) groups is 2. The molecule has 1 aromatic carbocycles. The summed E-state index contributed by atoms with van der Waals surface area (Å²) in [6.07, 6.45) is 7.92. The third kappa shape index (κ3) is 3.27. The lowest BCUT2D eigenvalue weighted by Crippen LogP contribution is -2.61. The maximum Gasteiger partial charge on any atom is 0.257 e. The second-order valence-corrected chi connectivity index (χ2v) is 12.2. The van der Waals surface area contributed by atoms with Crippen molar-refractivity contribution < 1.29 is 24.2 Å². The summed E-state index contributed by atoms with van der Waals surface area (Å²) < 4.78 is 5.74. The second kappa shape index (κ2) is 7.89. The van der Waals surface area contributed by atoms with Crippen molar-refractivity contribution in [3.63, 3.8) is 0 Å². The Hall–Kier alpha value is -2.22. The quantitative estimate of drug-likeness (QED) is 0.605. The Morgan fingerprint density at radius 1 is 1.26 bits per heavy atom. The van der Waals surface area contributed by atoms with E-state index in [2.05, 4.69) is 11.9 Å². The van der Waals surface area contributed by atoms with E-state index in [0.717, 1.165) is 30.4 Å². The van der Waals surface area contributed by atoms with E-state index >= 15 is 0 Å². The van der Waals surface area contributed by atoms with Gasteiger partial charge in [0.25, 0.3) is 5.22 Å². The number of aromatic nitrogens is 1. The molecule has 4 aliphatic rings. The predicted molar refractivity (Wildman–Crippen MR) is 133 cm³/mol. The summed E-state index contributed by atoms with van der Waals surface area (Å²) in [5, 5.41) is 23.8. The molecule has 184 valence electrons. The van der Waals surface area contributed by atoms with Gasteiger partial charge in [0.2, 0.25) is 0 Å². The van der Waals surface area contributed by atoms with Crippen LogP contribution in [-0.4, -0.2) is 44.2 Å². The van der Waals surface area contributed by atoms with Crippen LogP contribution in [0.25, 0.3) is 11.1 Å². The van der Waals surface area contributed by atoms with Gasteiger partial charge in [0, 0.05) is 16.7 Å². The fourth-order valence-corrected chi connectivity index (χ4v) is 8.75. The molecule has 0 bridgehead atoms. The van der Waals surface area contributed by atoms with Crippen LogP contribution in [0.3, 0.4) is 0 Å². The lowest BCUT2D eigenvalue weighted by molar-refractivity contribution is -0.174. The number of aliphatic hydroxyl groups excluding tert-OH is 1. The molecule has 2 N–H and O–H groups in total. The van der Waals surface area contributed by atoms with Crippen molar-refractivity contribution in [2.24, 2.45) is 28.6 Å². The van der Waals surface area contributed by atoms with Crippen molar-refractivity contribution >= 4 is 34.4 Å². The Bertz CT molecular complexity index is 1250. The summed E-state index contributed by atoms with van der Waals surface area (Å²) in [6, 6.07) is 7.47. The fraction of sp³-hybridized carbons (Fsp3) is 0.536. The summed E-state index contributed by atoms with van der Waals surface area (Å²) in [4.78, 5) is 30.0. The molecular weight excluding hydrogens is 462 g/mol. The number of aliphatic hydroxyl groups is 2. The van der Waals surface area contributed by atoms with Crippen molar-refractivity contribution in [2.75, 3.05) is 5.75 Å². The number of allylic oxidation sites excluding steroid dienone is 4. The minimum absolute atomic E-state index is 0.0170. The van der Waals surface area contributed by atoms with E-state index in [4.69, 9.17) is 4.42 Å². The minimum Gasteiger partial charge on any atom is -0.431 e. The van der Waals surface area contributed by atoms with E-state index in [9.17, 15) is 19.8 Å². The number of carbonyl (C=O) groups excluding carboxylic acids is 2. The largest absolute Gasteiger partial charge is 0.431 e. The van der Waals surface area contributed by atoms with Gasteiger partial charge in [-0.15, -0.1) is 0 Å². The van der Waals surface area contributed by atoms with E-state index in [1.54, 1.807) is 12.2 Å². The number of nitrogens with zero attached hydrogens (tertiary/aromatic N) is 1. The van der Waals surface area contributed by atoms with Crippen LogP contribution in [0, 0.1) is 28.6 Å². The van der Waals surface area contributed by atoms with Crippen LogP contribution in [-0.2, 0) is 9.59 Å². The number of benzene rings is 1. The highest BCUT2D eigenvalue weighted by atomic mass is 32.2. The van der Waals surface area contributed by atoms with E-state index in [1.165, 1.54) is 11.8 Å². The van der Waals surface area contributed by atoms with Crippen LogP contribution in [0.15, 0.2) is 57.7 Å². The Balaban J connectivity index is 1.25. The van der Waals surface area contributed by atoms with Crippen LogP contribution in [0.2, 0.25) is 0 Å². The van der Waals surface area contributed by atoms with Gasteiger partial charge in [-0.05, 0) is 68.2 Å². The Morgan fingerprint density at radius 3 is 2.86 bits per heavy atom. The highest BCUT2D eigenvalue weighted by Crippen LogP contribution is 2.67. The van der Waals surface area contributed by atoms with Gasteiger partial charge in [-0.3, -0.25) is 9.59 Å². The molecule has 1 heterocycles. The first-order valence-corrected chi connectivity index (χ1v) is 13.5. The van der Waals surface area contributed by atoms with Gasteiger partial charge in [0.05, 0.1) is 11.9 Å². The Morgan fingerprint density at radius 2 is 2.06 bits per heavy atom. The van der Waals surface area contributed by atoms with Gasteiger partial charge in [-0.2, -0.15) is 0 Å². The zero-order valence-electron chi connectivity index (χ0n) is 20.1. The van der Waals surface area contributed by atoms with E-state index in [-0.39, 0.29) is 40.5 Å². The molecule has 3 saturated carbocycles. The first-order chi connectivity index (χ1) is 16.7. The number of hydrogen-bond donors (Lipinski definition) is 2. The maximum atomic E-state index is 13.5. The smallest absolute Gasteiger partial charge is 0.257 e. The molecule has 0 radical (unpaired) electrons. The zero-order valence-corrected chi connectivity index (χ0v) is 20.9. The van der Waals surface area contributed by atoms with Crippen molar-refractivity contribution in [1.82, 2.24) is 4.98 Å². The van der Waals surface area contributed by atoms with Crippen LogP contribution in [0.1, 0.15) is 46.0 Å². The molecule has 4 aliphatic carbocycles. The SMILES string of the molecule is C[C@]12C=CC(=O)C=C1CC[C@@H]1[C@@H]2[C@@H](O)C[C@@]2(C)[C@H]1CC[C@]2(O)C(=O)CSc1nc2ccccc2o1. The molecule has 35 heavy (non-hydrogen) atoms. The molecule has 7 atom stereocenters. The number of hydrogen-bond acceptors (Lipinski definition) is 7. The monoisotopic (exact) mass is 493 g/mol. The summed E-state index contributed by atoms with van der Waals surface area (Å²) in [7, 11) is 0. The average Bonchev–Trinajstić information content (AvgIpc) is 3.36. The van der Waals surface area contributed by atoms with Gasteiger partial charge in [-0.25, -0.2) is 4.98 Å². The molecule has 0 unspecified atom stereocenters. The van der Waals surface area contributed by atoms with Crippen LogP contribution < -0.4 is 0 Å². The number of fused-ring (bicyclic) bond motifs is 6. The van der Waals surface area contributed by atoms with Gasteiger partial charge >= 0.3 is 0 Å². The van der Waals surface area contributed by atoms with E-state index in [0.29, 0.717) is 23.6 Å². The number of Topliss-reactive ketones (excluding diaryl/α,β-unsaturated/α-hetero) is 1. The van der Waals surface area contributed by atoms with Crippen LogP contribution >= 0.6 is 11.8 Å². The average molecular weight is 494 g/mol. The summed E-state index contributed by atoms with van der Waals surface area (Å²) in [5.41, 5.74) is -0.0177. The summed E-state index contributed by atoms with van der Waals surface area (Å²) in [5.74, 6) is 0.190. The number of para-hydroxylation sites is 2. The number of oxazole rings is 1. The van der Waals surface area contributed by atoms with Crippen LogP contribution in [0.5, 0.6) is 0 Å². The predicted octanol–water partition coefficient (Wildman–Crippen LogP) is 4.50. The first-order valence-electron chi connectivity index (χ1n) is 12.5. The molecule has 6 nitrogen and oxygen atoms in total. The first kappa shape index (κ1) is 23.2. The number of rotatable bonds is 4. The molecule has 6 rings (SSSR count). The zero-order chi connectivity index (χ0) is 24.6. The molecule has 0 spiro atoms. The van der Waals surface area contributed by atoms with Crippen LogP contribution in [0.4, 0.5) is 0 Å². The highest BCUT2D eigenvalue weighted by molar-refractivity contribution is 7.99. The molecule has 0 aliphatic heterocycles. The second-order valence-electron chi connectivity index (χ2n) is 11.3. The Kier molecular flexibility index (Phi) is 5.23. The summed E-state index contributed by atoms with van der Waals surface area (Å²) in [6.45, 7) is 4.13. The normalized spacial score (nSPS) is 40.2. The summed E-state index contributed by atoms with van der Waals surface area (Å²) >= 11 is 1.22. The maximum absolute atomic E-state index is 13.5. The highest BCUT2D eigenvalue weighted by Gasteiger charge is 2.68. The fourth-order valence-electron chi connectivity index (χ4n) is 7.95. The molecule has 2 aromatic rings. The van der Waals surface area contributed by atoms with Crippen molar-refractivity contribution in [1.29, 1.82) is 0 Å². The van der Waals surface area contributed by atoms with Gasteiger partial charge in [0.15, 0.2) is 17.1 Å². The molecular formula is C28H31NO5S. The molecule has 7 heteroatoms. The third-order valence-electron chi connectivity index (χ3n) is 9.71. The van der Waals surface area contributed by atoms with Gasteiger partial charge in [-0.1, -0.05) is 49.4 Å². The lowest BCUT2D eigenvalue weighted by Gasteiger charge is -2.59. The topological polar surface area (TPSA) is 101 Å². The van der Waals surface area contributed by atoms with E-state index < -0.39 is 17.1 Å². The Labute approximate surface area is 208 Å². The minimum atomic E-state index is -1.49. The van der Waals surface area contributed by atoms with E-state index in [1.807, 2.05) is 37.3 Å². The third-order valence-corrected chi connectivity index (χ3v) is 10.5. The van der Waals surface area contributed by atoms with Crippen molar-refractivity contribution in [3.05, 3.63) is 48.1 Å². The number of ketones is 2. The molecule has 3 fully saturated rings. The number of thioether (sulfide) groups is 1. The van der Waals surface area contributed by atoms with Crippen molar-refractivity contribution in [3.8, 4) is 0 Å². The molecule has 1 aromatic heterocycles. The molecule has 0 amide bonds.